The standard InChI is InChI=1S/C27H31N5O3/c1-18-24(11-12-26(34)29-18)31(2)16-22-13-19(9-10-21(22)17-33)15-28-27(35)23-14-25(32(3)30-23)20-7-5-4-6-8-20/h4-10,13,17,24-25H,1,11-12,14-16H2,2-3H3,(H,28,35)(H,29,34). The number of amides is 2. The highest BCUT2D eigenvalue weighted by atomic mass is 16.2. The lowest BCUT2D eigenvalue weighted by Crippen LogP contribution is -2.44. The quantitative estimate of drug-likeness (QED) is 0.575. The first kappa shape index (κ1) is 24.3. The van der Waals surface area contributed by atoms with Crippen molar-refractivity contribution in [1.29, 1.82) is 0 Å². The van der Waals surface area contributed by atoms with Gasteiger partial charge < -0.3 is 10.6 Å². The normalized spacial score (nSPS) is 20.0. The Bertz CT molecular complexity index is 1160. The Kier molecular flexibility index (Phi) is 7.41. The summed E-state index contributed by atoms with van der Waals surface area (Å²) in [5.74, 6) is -0.207. The molecule has 8 heteroatoms. The molecule has 35 heavy (non-hydrogen) atoms. The SMILES string of the molecule is C=C1NC(=O)CCC1N(C)Cc1cc(CNC(=O)C2=NN(C)C(c3ccccc3)C2)ccc1C=O. The minimum atomic E-state index is -0.192. The summed E-state index contributed by atoms with van der Waals surface area (Å²) in [6, 6.07) is 15.7. The molecule has 2 aliphatic rings. The van der Waals surface area contributed by atoms with Crippen molar-refractivity contribution >= 4 is 23.8 Å². The van der Waals surface area contributed by atoms with Gasteiger partial charge in [0.25, 0.3) is 5.91 Å². The van der Waals surface area contributed by atoms with Crippen LogP contribution in [0.25, 0.3) is 0 Å². The lowest BCUT2D eigenvalue weighted by Gasteiger charge is -2.33. The van der Waals surface area contributed by atoms with Gasteiger partial charge in [-0.3, -0.25) is 24.3 Å². The Morgan fingerprint density at radius 2 is 2.06 bits per heavy atom. The Hall–Kier alpha value is -3.78. The fourth-order valence-electron chi connectivity index (χ4n) is 4.70. The van der Waals surface area contributed by atoms with Crippen molar-refractivity contribution in [1.82, 2.24) is 20.5 Å². The molecule has 0 bridgehead atoms. The molecule has 1 saturated heterocycles. The molecule has 2 atom stereocenters. The van der Waals surface area contributed by atoms with E-state index in [0.29, 0.717) is 49.3 Å². The zero-order valence-electron chi connectivity index (χ0n) is 20.2. The van der Waals surface area contributed by atoms with Crippen LogP contribution in [0.1, 0.15) is 52.4 Å². The van der Waals surface area contributed by atoms with Crippen molar-refractivity contribution in [3.05, 3.63) is 83.1 Å². The van der Waals surface area contributed by atoms with Gasteiger partial charge in [-0.05, 0) is 30.2 Å². The first-order chi connectivity index (χ1) is 16.9. The average Bonchev–Trinajstić information content (AvgIpc) is 3.24. The number of hydrogen-bond donors (Lipinski definition) is 2. The molecular formula is C27H31N5O3. The number of hydrogen-bond acceptors (Lipinski definition) is 6. The van der Waals surface area contributed by atoms with E-state index in [2.05, 4.69) is 27.2 Å². The van der Waals surface area contributed by atoms with E-state index < -0.39 is 0 Å². The van der Waals surface area contributed by atoms with Crippen LogP contribution in [0.4, 0.5) is 0 Å². The number of rotatable bonds is 8. The molecular weight excluding hydrogens is 442 g/mol. The third-order valence-electron chi connectivity index (χ3n) is 6.65. The predicted octanol–water partition coefficient (Wildman–Crippen LogP) is 2.77. The topological polar surface area (TPSA) is 94.1 Å². The van der Waals surface area contributed by atoms with Gasteiger partial charge in [0.2, 0.25) is 5.91 Å². The number of carbonyl (C=O) groups excluding carboxylic acids is 3. The molecule has 0 aliphatic carbocycles. The van der Waals surface area contributed by atoms with Gasteiger partial charge in [0.15, 0.2) is 0 Å². The second kappa shape index (κ2) is 10.7. The molecule has 2 unspecified atom stereocenters. The maximum Gasteiger partial charge on any atom is 0.267 e. The molecule has 8 nitrogen and oxygen atoms in total. The van der Waals surface area contributed by atoms with Crippen molar-refractivity contribution in [2.45, 2.75) is 44.4 Å². The first-order valence-corrected chi connectivity index (χ1v) is 11.7. The average molecular weight is 474 g/mol. The van der Waals surface area contributed by atoms with Crippen LogP contribution in [0.3, 0.4) is 0 Å². The number of nitrogens with one attached hydrogen (secondary N) is 2. The number of piperidine rings is 1. The van der Waals surface area contributed by atoms with Crippen molar-refractivity contribution in [2.24, 2.45) is 5.10 Å². The summed E-state index contributed by atoms with van der Waals surface area (Å²) in [6.07, 6.45) is 2.53. The van der Waals surface area contributed by atoms with Crippen LogP contribution in [-0.4, -0.2) is 53.9 Å². The summed E-state index contributed by atoms with van der Waals surface area (Å²) in [5.41, 5.74) is 4.67. The van der Waals surface area contributed by atoms with Gasteiger partial charge in [-0.15, -0.1) is 0 Å². The molecule has 2 aliphatic heterocycles. The molecule has 2 heterocycles. The summed E-state index contributed by atoms with van der Waals surface area (Å²) in [4.78, 5) is 38.1. The van der Waals surface area contributed by atoms with E-state index in [4.69, 9.17) is 0 Å². The van der Waals surface area contributed by atoms with Crippen LogP contribution in [0.5, 0.6) is 0 Å². The third kappa shape index (κ3) is 5.66. The Balaban J connectivity index is 1.38. The minimum absolute atomic E-state index is 0.00508. The number of benzene rings is 2. The van der Waals surface area contributed by atoms with E-state index in [0.717, 1.165) is 23.0 Å². The Morgan fingerprint density at radius 1 is 1.29 bits per heavy atom. The maximum absolute atomic E-state index is 12.8. The monoisotopic (exact) mass is 473 g/mol. The summed E-state index contributed by atoms with van der Waals surface area (Å²) in [6.45, 7) is 4.83. The summed E-state index contributed by atoms with van der Waals surface area (Å²) < 4.78 is 0. The zero-order chi connectivity index (χ0) is 24.9. The molecule has 2 N–H and O–H groups in total. The molecule has 1 fully saturated rings. The maximum atomic E-state index is 12.8. The molecule has 2 aromatic carbocycles. The molecule has 2 amide bonds. The fourth-order valence-corrected chi connectivity index (χ4v) is 4.70. The second-order valence-corrected chi connectivity index (χ2v) is 9.13. The number of nitrogens with zero attached hydrogens (tertiary/aromatic N) is 3. The van der Waals surface area contributed by atoms with Crippen molar-refractivity contribution < 1.29 is 14.4 Å². The number of likely N-dealkylation sites (N-methyl/N-ethyl adjacent to an activating group) is 1. The van der Waals surface area contributed by atoms with Crippen LogP contribution in [0.15, 0.2) is 65.9 Å². The first-order valence-electron chi connectivity index (χ1n) is 11.7. The Labute approximate surface area is 205 Å². The largest absolute Gasteiger partial charge is 0.347 e. The molecule has 182 valence electrons. The minimum Gasteiger partial charge on any atom is -0.347 e. The van der Waals surface area contributed by atoms with E-state index in [1.165, 1.54) is 0 Å². The van der Waals surface area contributed by atoms with Gasteiger partial charge in [-0.2, -0.15) is 5.10 Å². The van der Waals surface area contributed by atoms with E-state index in [9.17, 15) is 14.4 Å². The highest BCUT2D eigenvalue weighted by Gasteiger charge is 2.29. The van der Waals surface area contributed by atoms with Gasteiger partial charge in [0.05, 0.1) is 6.04 Å². The molecule has 2 aromatic rings. The predicted molar refractivity (Wildman–Crippen MR) is 134 cm³/mol. The summed E-state index contributed by atoms with van der Waals surface area (Å²) in [5, 5.41) is 12.1. The van der Waals surface area contributed by atoms with Crippen molar-refractivity contribution in [2.75, 3.05) is 14.1 Å². The van der Waals surface area contributed by atoms with Gasteiger partial charge in [0, 0.05) is 50.3 Å². The van der Waals surface area contributed by atoms with Gasteiger partial charge in [-0.25, -0.2) is 0 Å². The highest BCUT2D eigenvalue weighted by Crippen LogP contribution is 2.29. The van der Waals surface area contributed by atoms with E-state index in [-0.39, 0.29) is 23.9 Å². The lowest BCUT2D eigenvalue weighted by atomic mass is 9.99. The van der Waals surface area contributed by atoms with E-state index in [1.807, 2.05) is 61.6 Å². The summed E-state index contributed by atoms with van der Waals surface area (Å²) in [7, 11) is 3.83. The number of aldehydes is 1. The van der Waals surface area contributed by atoms with Crippen molar-refractivity contribution in [3.8, 4) is 0 Å². The molecule has 4 rings (SSSR count). The lowest BCUT2D eigenvalue weighted by molar-refractivity contribution is -0.122. The van der Waals surface area contributed by atoms with Crippen LogP contribution in [0.2, 0.25) is 0 Å². The second-order valence-electron chi connectivity index (χ2n) is 9.13. The number of hydrazone groups is 1. The Morgan fingerprint density at radius 3 is 2.77 bits per heavy atom. The van der Waals surface area contributed by atoms with E-state index in [1.54, 1.807) is 6.07 Å². The number of carbonyl (C=O) groups is 3. The summed E-state index contributed by atoms with van der Waals surface area (Å²) >= 11 is 0. The smallest absolute Gasteiger partial charge is 0.267 e. The van der Waals surface area contributed by atoms with E-state index >= 15 is 0 Å². The van der Waals surface area contributed by atoms with Crippen LogP contribution in [-0.2, 0) is 22.7 Å². The van der Waals surface area contributed by atoms with Crippen LogP contribution < -0.4 is 10.6 Å². The molecule has 0 spiro atoms. The molecule has 0 saturated carbocycles. The van der Waals surface area contributed by atoms with Crippen molar-refractivity contribution in [3.63, 3.8) is 0 Å². The fraction of sp³-hybridized carbons (Fsp3) is 0.333. The molecule has 0 radical (unpaired) electrons. The molecule has 0 aromatic heterocycles. The van der Waals surface area contributed by atoms with Gasteiger partial charge in [0.1, 0.15) is 12.0 Å². The van der Waals surface area contributed by atoms with Gasteiger partial charge in [-0.1, -0.05) is 55.1 Å². The third-order valence-corrected chi connectivity index (χ3v) is 6.65. The van der Waals surface area contributed by atoms with Gasteiger partial charge >= 0.3 is 0 Å². The zero-order valence-corrected chi connectivity index (χ0v) is 20.2. The van der Waals surface area contributed by atoms with Crippen LogP contribution in [0, 0.1) is 0 Å². The van der Waals surface area contributed by atoms with Crippen LogP contribution >= 0.6 is 0 Å². The highest BCUT2D eigenvalue weighted by molar-refractivity contribution is 6.39.